The van der Waals surface area contributed by atoms with E-state index in [9.17, 15) is 9.59 Å². The minimum atomic E-state index is 0. The molecule has 2 rings (SSSR count). The van der Waals surface area contributed by atoms with E-state index >= 15 is 0 Å². The number of rotatable bonds is 6. The predicted octanol–water partition coefficient (Wildman–Crippen LogP) is 3.13. The van der Waals surface area contributed by atoms with Crippen molar-refractivity contribution in [2.75, 3.05) is 10.6 Å². The van der Waals surface area contributed by atoms with Crippen LogP contribution in [-0.4, -0.2) is 12.8 Å². The maximum Gasteiger partial charge on any atom is 0.0692 e. The van der Waals surface area contributed by atoms with E-state index in [2.05, 4.69) is 10.6 Å². The molecular formula is C17H18N2O2Y2-4. The van der Waals surface area contributed by atoms with Gasteiger partial charge in [0.1, 0.15) is 0 Å². The van der Waals surface area contributed by atoms with Crippen LogP contribution in [0.5, 0.6) is 0 Å². The van der Waals surface area contributed by atoms with Crippen LogP contribution in [0, 0.1) is 14.9 Å². The van der Waals surface area contributed by atoms with E-state index in [1.807, 2.05) is 48.5 Å². The number of benzene rings is 2. The Morgan fingerprint density at radius 2 is 0.957 bits per heavy atom. The Balaban J connectivity index is -0.000001000. The van der Waals surface area contributed by atoms with E-state index in [4.69, 9.17) is 0 Å². The molecule has 0 aliphatic rings. The molecule has 4 nitrogen and oxygen atoms in total. The van der Waals surface area contributed by atoms with Gasteiger partial charge < -0.3 is 35.1 Å². The molecule has 0 saturated carbocycles. The van der Waals surface area contributed by atoms with Gasteiger partial charge in [-0.1, -0.05) is 24.3 Å². The van der Waals surface area contributed by atoms with Crippen molar-refractivity contribution in [3.63, 3.8) is 0 Å². The first kappa shape index (κ1) is 27.4. The molecule has 2 N–H and O–H groups in total. The molecule has 0 fully saturated rings. The van der Waals surface area contributed by atoms with Crippen molar-refractivity contribution >= 4 is 24.2 Å². The van der Waals surface area contributed by atoms with Crippen LogP contribution in [-0.2, 0) is 81.4 Å². The quantitative estimate of drug-likeness (QED) is 0.515. The van der Waals surface area contributed by atoms with Crippen molar-refractivity contribution in [3.8, 4) is 0 Å². The van der Waals surface area contributed by atoms with Gasteiger partial charge in [0, 0.05) is 65.4 Å². The summed E-state index contributed by atoms with van der Waals surface area (Å²) in [5.41, 5.74) is 3.72. The maximum atomic E-state index is 10.2. The van der Waals surface area contributed by atoms with Crippen LogP contribution < -0.4 is 10.6 Å². The van der Waals surface area contributed by atoms with Crippen molar-refractivity contribution in [2.45, 2.75) is 6.42 Å². The van der Waals surface area contributed by atoms with Crippen LogP contribution in [0.3, 0.4) is 0 Å². The van der Waals surface area contributed by atoms with E-state index in [1.54, 1.807) is 12.8 Å². The molecule has 6 heteroatoms. The van der Waals surface area contributed by atoms with Crippen molar-refractivity contribution < 1.29 is 75.0 Å². The van der Waals surface area contributed by atoms with Crippen molar-refractivity contribution in [3.05, 3.63) is 74.5 Å². The Bertz CT molecular complexity index is 506. The van der Waals surface area contributed by atoms with E-state index in [0.717, 1.165) is 28.9 Å². The fourth-order valence-corrected chi connectivity index (χ4v) is 1.77. The Morgan fingerprint density at radius 1 is 0.652 bits per heavy atom. The molecule has 2 aromatic carbocycles. The van der Waals surface area contributed by atoms with Gasteiger partial charge in [0.15, 0.2) is 0 Å². The van der Waals surface area contributed by atoms with Gasteiger partial charge in [-0.15, -0.1) is 35.6 Å². The Kier molecular flexibility index (Phi) is 18.1. The molecule has 118 valence electrons. The summed E-state index contributed by atoms with van der Waals surface area (Å²) < 4.78 is 0. The summed E-state index contributed by atoms with van der Waals surface area (Å²) in [6.45, 7) is 0. The standard InChI is InChI=1S/C15H12N2O2.2CH3.2Y/c18-10-16-14-5-1-12(2-6-14)9-13-3-7-15(8-4-13)17-11-19;;;;/h1-8H,9H2,(H,16,18)(H,17,19);2*1H3;;/q-2;2*-1;;. The molecule has 0 unspecified atom stereocenters. The number of hydrogen-bond donors (Lipinski definition) is 2. The van der Waals surface area contributed by atoms with Gasteiger partial charge in [0.05, 0.1) is 12.8 Å². The average molecular weight is 460 g/mol. The zero-order valence-electron chi connectivity index (χ0n) is 13.3. The number of nitrogens with one attached hydrogen (secondary N) is 2. The third-order valence-corrected chi connectivity index (χ3v) is 2.71. The van der Waals surface area contributed by atoms with Crippen molar-refractivity contribution in [1.29, 1.82) is 0 Å². The molecule has 2 radical (unpaired) electrons. The van der Waals surface area contributed by atoms with Crippen LogP contribution in [0.25, 0.3) is 0 Å². The normalized spacial score (nSPS) is 8.00. The molecular weight excluding hydrogens is 442 g/mol. The first-order chi connectivity index (χ1) is 9.31. The Labute approximate surface area is 189 Å². The summed E-state index contributed by atoms with van der Waals surface area (Å²) in [5, 5.41) is 4.94. The number of anilines is 2. The minimum absolute atomic E-state index is 0. The summed E-state index contributed by atoms with van der Waals surface area (Å²) in [4.78, 5) is 20.3. The van der Waals surface area contributed by atoms with Crippen LogP contribution in [0.2, 0.25) is 0 Å². The van der Waals surface area contributed by atoms with Crippen molar-refractivity contribution in [1.82, 2.24) is 0 Å². The first-order valence-electron chi connectivity index (χ1n) is 5.76. The summed E-state index contributed by atoms with van der Waals surface area (Å²) in [7, 11) is 0. The molecule has 0 atom stereocenters. The van der Waals surface area contributed by atoms with Crippen molar-refractivity contribution in [2.24, 2.45) is 0 Å². The van der Waals surface area contributed by atoms with Gasteiger partial charge in [-0.2, -0.15) is 0 Å². The molecule has 2 amide bonds. The van der Waals surface area contributed by atoms with Crippen LogP contribution in [0.4, 0.5) is 11.4 Å². The molecule has 0 aromatic heterocycles. The van der Waals surface area contributed by atoms with Crippen LogP contribution in [0.1, 0.15) is 11.1 Å². The predicted molar refractivity (Wildman–Crippen MR) is 87.2 cm³/mol. The van der Waals surface area contributed by atoms with Gasteiger partial charge in [-0.25, -0.2) is 0 Å². The first-order valence-corrected chi connectivity index (χ1v) is 5.76. The average Bonchev–Trinajstić information content (AvgIpc) is 2.44. The second-order valence-electron chi connectivity index (χ2n) is 4.02. The zero-order chi connectivity index (χ0) is 13.5. The monoisotopic (exact) mass is 460 g/mol. The summed E-state index contributed by atoms with van der Waals surface area (Å²) in [6.07, 6.45) is 4.05. The Hall–Kier alpha value is -0.412. The molecule has 0 aliphatic heterocycles. The molecule has 0 heterocycles. The fourth-order valence-electron chi connectivity index (χ4n) is 1.77. The van der Waals surface area contributed by atoms with Gasteiger partial charge in [-0.05, 0) is 17.5 Å². The molecule has 0 bridgehead atoms. The third-order valence-electron chi connectivity index (χ3n) is 2.71. The molecule has 0 saturated heterocycles. The summed E-state index contributed by atoms with van der Waals surface area (Å²) in [5.74, 6) is 0. The molecule has 2 aromatic rings. The summed E-state index contributed by atoms with van der Waals surface area (Å²) in [6, 6.07) is 15.1. The SMILES string of the molecule is O=[C-]Nc1ccc(Cc2ccc(N[C-]=O)cc2)cc1.[CH3-].[CH3-].[Y].[Y]. The molecule has 0 aliphatic carbocycles. The topological polar surface area (TPSA) is 58.2 Å². The third kappa shape index (κ3) is 9.46. The molecule has 0 spiro atoms. The number of hydrogen-bond acceptors (Lipinski definition) is 2. The van der Waals surface area contributed by atoms with Gasteiger partial charge in [0.2, 0.25) is 0 Å². The van der Waals surface area contributed by atoms with Gasteiger partial charge in [0.25, 0.3) is 0 Å². The van der Waals surface area contributed by atoms with Crippen LogP contribution >= 0.6 is 0 Å². The second kappa shape index (κ2) is 15.1. The van der Waals surface area contributed by atoms with Gasteiger partial charge >= 0.3 is 0 Å². The van der Waals surface area contributed by atoms with E-state index in [0.29, 0.717) is 0 Å². The number of carbonyl (C=O) groups excluding carboxylic acids is 2. The largest absolute Gasteiger partial charge is 0.490 e. The zero-order valence-corrected chi connectivity index (χ0v) is 19.0. The van der Waals surface area contributed by atoms with Crippen LogP contribution in [0.15, 0.2) is 48.5 Å². The fraction of sp³-hybridized carbons (Fsp3) is 0.0588. The minimum Gasteiger partial charge on any atom is -0.490 e. The summed E-state index contributed by atoms with van der Waals surface area (Å²) >= 11 is 0. The van der Waals surface area contributed by atoms with E-state index < -0.39 is 0 Å². The number of amides is 2. The van der Waals surface area contributed by atoms with E-state index in [1.165, 1.54) is 0 Å². The second-order valence-corrected chi connectivity index (χ2v) is 4.02. The smallest absolute Gasteiger partial charge is 0.0692 e. The van der Waals surface area contributed by atoms with Gasteiger partial charge in [-0.3, -0.25) is 0 Å². The Morgan fingerprint density at radius 3 is 1.22 bits per heavy atom. The van der Waals surface area contributed by atoms with E-state index in [-0.39, 0.29) is 80.3 Å². The molecule has 23 heavy (non-hydrogen) atoms. The maximum absolute atomic E-state index is 10.2.